The molecule has 0 atom stereocenters. The third-order valence-corrected chi connectivity index (χ3v) is 3.44. The maximum absolute atomic E-state index is 11.7. The SMILES string of the molecule is CC1(CNC(=O)OC(C)(C)C)CN(c2cccc(Cl)n2)C1. The molecule has 0 spiro atoms. The molecule has 0 bridgehead atoms. The number of ether oxygens (including phenoxy) is 1. The van der Waals surface area contributed by atoms with Gasteiger partial charge in [-0.2, -0.15) is 0 Å². The minimum Gasteiger partial charge on any atom is -0.444 e. The normalized spacial score (nSPS) is 17.1. The topological polar surface area (TPSA) is 54.5 Å². The lowest BCUT2D eigenvalue weighted by molar-refractivity contribution is 0.0494. The van der Waals surface area contributed by atoms with E-state index >= 15 is 0 Å². The van der Waals surface area contributed by atoms with Crippen LogP contribution in [0.25, 0.3) is 0 Å². The quantitative estimate of drug-likeness (QED) is 0.872. The van der Waals surface area contributed by atoms with Gasteiger partial charge in [-0.1, -0.05) is 24.6 Å². The van der Waals surface area contributed by atoms with Crippen LogP contribution in [-0.4, -0.2) is 36.3 Å². The van der Waals surface area contributed by atoms with Crippen LogP contribution in [0.3, 0.4) is 0 Å². The molecule has 1 amide bonds. The second kappa shape index (κ2) is 5.72. The van der Waals surface area contributed by atoms with Gasteiger partial charge in [0.1, 0.15) is 16.6 Å². The molecule has 116 valence electrons. The number of carbonyl (C=O) groups excluding carboxylic acids is 1. The summed E-state index contributed by atoms with van der Waals surface area (Å²) in [5.41, 5.74) is -0.442. The molecule has 1 N–H and O–H groups in total. The lowest BCUT2D eigenvalue weighted by Gasteiger charge is -2.48. The van der Waals surface area contributed by atoms with Crippen molar-refractivity contribution in [2.45, 2.75) is 33.3 Å². The first-order valence-corrected chi connectivity index (χ1v) is 7.39. The number of nitrogens with one attached hydrogen (secondary N) is 1. The molecule has 0 aromatic carbocycles. The van der Waals surface area contributed by atoms with E-state index in [9.17, 15) is 4.79 Å². The Kier molecular flexibility index (Phi) is 4.33. The number of rotatable bonds is 3. The van der Waals surface area contributed by atoms with Crippen LogP contribution < -0.4 is 10.2 Å². The van der Waals surface area contributed by atoms with Crippen molar-refractivity contribution < 1.29 is 9.53 Å². The van der Waals surface area contributed by atoms with E-state index in [2.05, 4.69) is 22.1 Å². The first kappa shape index (κ1) is 15.9. The average Bonchev–Trinajstić information content (AvgIpc) is 2.31. The monoisotopic (exact) mass is 311 g/mol. The van der Waals surface area contributed by atoms with Crippen LogP contribution in [0.5, 0.6) is 0 Å². The molecular formula is C15H22ClN3O2. The molecule has 6 heteroatoms. The van der Waals surface area contributed by atoms with Gasteiger partial charge in [0.25, 0.3) is 0 Å². The van der Waals surface area contributed by atoms with E-state index < -0.39 is 5.60 Å². The molecule has 5 nitrogen and oxygen atoms in total. The second-order valence-corrected chi connectivity index (χ2v) is 7.23. The maximum atomic E-state index is 11.7. The van der Waals surface area contributed by atoms with Crippen LogP contribution >= 0.6 is 11.6 Å². The zero-order valence-corrected chi connectivity index (χ0v) is 13.7. The highest BCUT2D eigenvalue weighted by Gasteiger charge is 2.39. The third kappa shape index (κ3) is 4.49. The zero-order chi connectivity index (χ0) is 15.7. The number of amides is 1. The third-order valence-electron chi connectivity index (χ3n) is 3.23. The van der Waals surface area contributed by atoms with Gasteiger partial charge in [0, 0.05) is 25.0 Å². The lowest BCUT2D eigenvalue weighted by atomic mass is 9.82. The number of pyridine rings is 1. The highest BCUT2D eigenvalue weighted by atomic mass is 35.5. The summed E-state index contributed by atoms with van der Waals surface area (Å²) in [4.78, 5) is 18.1. The fourth-order valence-corrected chi connectivity index (χ4v) is 2.48. The molecule has 2 heterocycles. The van der Waals surface area contributed by atoms with E-state index in [-0.39, 0.29) is 11.5 Å². The summed E-state index contributed by atoms with van der Waals surface area (Å²) in [6.07, 6.45) is -0.372. The minimum absolute atomic E-state index is 0.0287. The molecule has 2 rings (SSSR count). The van der Waals surface area contributed by atoms with Crippen molar-refractivity contribution in [3.63, 3.8) is 0 Å². The predicted octanol–water partition coefficient (Wildman–Crippen LogP) is 3.09. The van der Waals surface area contributed by atoms with Crippen molar-refractivity contribution in [2.75, 3.05) is 24.5 Å². The highest BCUT2D eigenvalue weighted by molar-refractivity contribution is 6.29. The van der Waals surface area contributed by atoms with Crippen molar-refractivity contribution in [1.82, 2.24) is 10.3 Å². The second-order valence-electron chi connectivity index (χ2n) is 6.84. The standard InChI is InChI=1S/C15H22ClN3O2/c1-14(2,3)21-13(20)17-8-15(4)9-19(10-15)12-7-5-6-11(16)18-12/h5-7H,8-10H2,1-4H3,(H,17,20). The largest absolute Gasteiger partial charge is 0.444 e. The van der Waals surface area contributed by atoms with Crippen LogP contribution in [0.2, 0.25) is 5.15 Å². The highest BCUT2D eigenvalue weighted by Crippen LogP contribution is 2.33. The number of carbonyl (C=O) groups is 1. The van der Waals surface area contributed by atoms with Gasteiger partial charge in [-0.15, -0.1) is 0 Å². The number of hydrogen-bond donors (Lipinski definition) is 1. The molecule has 1 saturated heterocycles. The molecule has 0 radical (unpaired) electrons. The molecule has 1 fully saturated rings. The van der Waals surface area contributed by atoms with E-state index in [1.165, 1.54) is 0 Å². The summed E-state index contributed by atoms with van der Waals surface area (Å²) >= 11 is 5.89. The predicted molar refractivity (Wildman–Crippen MR) is 83.8 cm³/mol. The van der Waals surface area contributed by atoms with Crippen molar-refractivity contribution in [1.29, 1.82) is 0 Å². The number of halogens is 1. The van der Waals surface area contributed by atoms with E-state index in [0.29, 0.717) is 11.7 Å². The number of aromatic nitrogens is 1. The van der Waals surface area contributed by atoms with Gasteiger partial charge in [0.05, 0.1) is 0 Å². The van der Waals surface area contributed by atoms with Gasteiger partial charge in [-0.3, -0.25) is 0 Å². The molecule has 0 unspecified atom stereocenters. The van der Waals surface area contributed by atoms with Crippen LogP contribution in [0.4, 0.5) is 10.6 Å². The Morgan fingerprint density at radius 2 is 2.14 bits per heavy atom. The first-order valence-electron chi connectivity index (χ1n) is 7.01. The number of nitrogens with zero attached hydrogens (tertiary/aromatic N) is 2. The number of hydrogen-bond acceptors (Lipinski definition) is 4. The molecule has 1 aliphatic rings. The Morgan fingerprint density at radius 3 is 2.71 bits per heavy atom. The smallest absolute Gasteiger partial charge is 0.407 e. The van der Waals surface area contributed by atoms with E-state index in [4.69, 9.17) is 16.3 Å². The van der Waals surface area contributed by atoms with E-state index in [1.54, 1.807) is 6.07 Å². The Balaban J connectivity index is 1.81. The average molecular weight is 312 g/mol. The molecule has 1 aliphatic heterocycles. The summed E-state index contributed by atoms with van der Waals surface area (Å²) < 4.78 is 5.24. The Bertz CT molecular complexity index is 522. The van der Waals surface area contributed by atoms with Crippen LogP contribution in [0.1, 0.15) is 27.7 Å². The van der Waals surface area contributed by atoms with Gasteiger partial charge >= 0.3 is 6.09 Å². The number of alkyl carbamates (subject to hydrolysis) is 1. The van der Waals surface area contributed by atoms with Crippen molar-refractivity contribution in [3.8, 4) is 0 Å². The molecule has 0 saturated carbocycles. The van der Waals surface area contributed by atoms with Crippen molar-refractivity contribution >= 4 is 23.5 Å². The molecule has 0 aliphatic carbocycles. The van der Waals surface area contributed by atoms with Gasteiger partial charge in [0.2, 0.25) is 0 Å². The lowest BCUT2D eigenvalue weighted by Crippen LogP contribution is -2.60. The van der Waals surface area contributed by atoms with Gasteiger partial charge < -0.3 is 15.0 Å². The Morgan fingerprint density at radius 1 is 1.48 bits per heavy atom. The molecular weight excluding hydrogens is 290 g/mol. The fraction of sp³-hybridized carbons (Fsp3) is 0.600. The fourth-order valence-electron chi connectivity index (χ4n) is 2.32. The Labute approximate surface area is 130 Å². The van der Waals surface area contributed by atoms with Gasteiger partial charge in [-0.25, -0.2) is 9.78 Å². The molecule has 21 heavy (non-hydrogen) atoms. The maximum Gasteiger partial charge on any atom is 0.407 e. The number of anilines is 1. The van der Waals surface area contributed by atoms with Gasteiger partial charge in [0.15, 0.2) is 0 Å². The summed E-state index contributed by atoms with van der Waals surface area (Å²) in [5, 5.41) is 3.32. The van der Waals surface area contributed by atoms with Crippen molar-refractivity contribution in [2.24, 2.45) is 5.41 Å². The van der Waals surface area contributed by atoms with E-state index in [1.807, 2.05) is 32.9 Å². The molecule has 1 aromatic rings. The minimum atomic E-state index is -0.471. The summed E-state index contributed by atoms with van der Waals surface area (Å²) in [6.45, 7) is 9.93. The molecule has 1 aromatic heterocycles. The summed E-state index contributed by atoms with van der Waals surface area (Å²) in [7, 11) is 0. The first-order chi connectivity index (χ1) is 9.67. The van der Waals surface area contributed by atoms with Crippen LogP contribution in [0.15, 0.2) is 18.2 Å². The van der Waals surface area contributed by atoms with Crippen LogP contribution in [0, 0.1) is 5.41 Å². The van der Waals surface area contributed by atoms with E-state index in [0.717, 1.165) is 18.9 Å². The Hall–Kier alpha value is -1.49. The zero-order valence-electron chi connectivity index (χ0n) is 12.9. The van der Waals surface area contributed by atoms with Crippen molar-refractivity contribution in [3.05, 3.63) is 23.4 Å². The van der Waals surface area contributed by atoms with Gasteiger partial charge in [-0.05, 0) is 32.9 Å². The van der Waals surface area contributed by atoms with Crippen LogP contribution in [-0.2, 0) is 4.74 Å². The summed E-state index contributed by atoms with van der Waals surface area (Å²) in [5.74, 6) is 0.872. The summed E-state index contributed by atoms with van der Waals surface area (Å²) in [6, 6.07) is 5.58.